The third-order valence-electron chi connectivity index (χ3n) is 8.00. The Labute approximate surface area is 239 Å². The van der Waals surface area contributed by atoms with Gasteiger partial charge in [-0.25, -0.2) is 18.1 Å². The highest BCUT2D eigenvalue weighted by Crippen LogP contribution is 2.49. The Bertz CT molecular complexity index is 1640. The lowest BCUT2D eigenvalue weighted by Crippen LogP contribution is -2.34. The SMILES string of the molecule is Cn1ccnc1CN(C(=O)[C@H]1C[C@H]1c1ccc(Cl)cc1)c1ccc2c(c1)[C@H](NS(=O)(=O)c1ccccc1)CCC2. The number of rotatable bonds is 8. The molecule has 1 amide bonds. The summed E-state index contributed by atoms with van der Waals surface area (Å²) in [5.74, 6) is 0.831. The number of halogens is 1. The molecule has 40 heavy (non-hydrogen) atoms. The van der Waals surface area contributed by atoms with Gasteiger partial charge in [-0.1, -0.05) is 48.0 Å². The van der Waals surface area contributed by atoms with Crippen molar-refractivity contribution in [2.24, 2.45) is 13.0 Å². The highest BCUT2D eigenvalue weighted by Gasteiger charge is 2.46. The average molecular weight is 575 g/mol. The second kappa shape index (κ2) is 10.8. The Kier molecular flexibility index (Phi) is 7.25. The van der Waals surface area contributed by atoms with Crippen LogP contribution in [0, 0.1) is 5.92 Å². The molecule has 0 saturated heterocycles. The molecular weight excluding hydrogens is 544 g/mol. The number of anilines is 1. The van der Waals surface area contributed by atoms with Crippen molar-refractivity contribution in [1.82, 2.24) is 14.3 Å². The maximum absolute atomic E-state index is 14.0. The zero-order chi connectivity index (χ0) is 27.9. The lowest BCUT2D eigenvalue weighted by atomic mass is 9.87. The quantitative estimate of drug-likeness (QED) is 0.290. The molecule has 1 aromatic heterocycles. The summed E-state index contributed by atoms with van der Waals surface area (Å²) in [6.07, 6.45) is 6.82. The number of nitrogens with zero attached hydrogens (tertiary/aromatic N) is 3. The van der Waals surface area contributed by atoms with Crippen molar-refractivity contribution in [3.63, 3.8) is 0 Å². The van der Waals surface area contributed by atoms with Crippen LogP contribution in [-0.4, -0.2) is 23.9 Å². The van der Waals surface area contributed by atoms with Crippen molar-refractivity contribution < 1.29 is 13.2 Å². The van der Waals surface area contributed by atoms with Crippen LogP contribution in [0.2, 0.25) is 5.02 Å². The van der Waals surface area contributed by atoms with E-state index in [0.29, 0.717) is 18.0 Å². The molecule has 3 atom stereocenters. The monoisotopic (exact) mass is 574 g/mol. The molecule has 1 fully saturated rings. The average Bonchev–Trinajstić information content (AvgIpc) is 3.66. The highest BCUT2D eigenvalue weighted by atomic mass is 35.5. The van der Waals surface area contributed by atoms with E-state index in [-0.39, 0.29) is 28.7 Å². The summed E-state index contributed by atoms with van der Waals surface area (Å²) in [5, 5.41) is 0.676. The van der Waals surface area contributed by atoms with E-state index in [1.54, 1.807) is 41.4 Å². The summed E-state index contributed by atoms with van der Waals surface area (Å²) in [5.41, 5.74) is 3.89. The Morgan fingerprint density at radius 1 is 1.10 bits per heavy atom. The van der Waals surface area contributed by atoms with Gasteiger partial charge in [-0.15, -0.1) is 0 Å². The van der Waals surface area contributed by atoms with E-state index in [1.165, 1.54) is 0 Å². The van der Waals surface area contributed by atoms with Crippen LogP contribution >= 0.6 is 11.6 Å². The molecule has 3 aromatic carbocycles. The first-order valence-electron chi connectivity index (χ1n) is 13.5. The van der Waals surface area contributed by atoms with Gasteiger partial charge < -0.3 is 9.47 Å². The number of benzene rings is 3. The Balaban J connectivity index is 1.31. The van der Waals surface area contributed by atoms with Crippen LogP contribution in [0.4, 0.5) is 5.69 Å². The molecule has 0 aliphatic heterocycles. The molecular formula is C31H31ClN4O3S. The predicted octanol–water partition coefficient (Wildman–Crippen LogP) is 5.77. The molecule has 0 bridgehead atoms. The number of nitrogens with one attached hydrogen (secondary N) is 1. The van der Waals surface area contributed by atoms with Gasteiger partial charge in [-0.3, -0.25) is 4.79 Å². The van der Waals surface area contributed by atoms with Crippen LogP contribution in [0.15, 0.2) is 90.1 Å². The molecule has 1 saturated carbocycles. The van der Waals surface area contributed by atoms with Crippen LogP contribution < -0.4 is 9.62 Å². The second-order valence-electron chi connectivity index (χ2n) is 10.6. The number of hydrogen-bond donors (Lipinski definition) is 1. The third-order valence-corrected chi connectivity index (χ3v) is 9.74. The van der Waals surface area contributed by atoms with E-state index < -0.39 is 10.0 Å². The molecule has 0 unspecified atom stereocenters. The van der Waals surface area contributed by atoms with E-state index in [9.17, 15) is 13.2 Å². The smallest absolute Gasteiger partial charge is 0.241 e. The van der Waals surface area contributed by atoms with Crippen molar-refractivity contribution in [2.45, 2.75) is 49.1 Å². The molecule has 2 aliphatic carbocycles. The Morgan fingerprint density at radius 3 is 2.60 bits per heavy atom. The van der Waals surface area contributed by atoms with Crippen molar-refractivity contribution in [2.75, 3.05) is 4.90 Å². The van der Waals surface area contributed by atoms with Gasteiger partial charge in [-0.2, -0.15) is 0 Å². The zero-order valence-electron chi connectivity index (χ0n) is 22.2. The molecule has 206 valence electrons. The summed E-state index contributed by atoms with van der Waals surface area (Å²) in [7, 11) is -1.78. The third kappa shape index (κ3) is 5.44. The summed E-state index contributed by atoms with van der Waals surface area (Å²) >= 11 is 6.08. The summed E-state index contributed by atoms with van der Waals surface area (Å²) in [4.78, 5) is 20.5. The lowest BCUT2D eigenvalue weighted by molar-refractivity contribution is -0.120. The zero-order valence-corrected chi connectivity index (χ0v) is 23.8. The van der Waals surface area contributed by atoms with Gasteiger partial charge in [0.05, 0.1) is 11.4 Å². The molecule has 4 aromatic rings. The first-order valence-corrected chi connectivity index (χ1v) is 15.4. The topological polar surface area (TPSA) is 84.3 Å². The Morgan fingerprint density at radius 2 is 1.88 bits per heavy atom. The fraction of sp³-hybridized carbons (Fsp3) is 0.290. The van der Waals surface area contributed by atoms with Crippen LogP contribution in [0.25, 0.3) is 0 Å². The van der Waals surface area contributed by atoms with E-state index in [1.807, 2.05) is 60.3 Å². The Hall–Kier alpha value is -3.46. The van der Waals surface area contributed by atoms with Crippen LogP contribution in [-0.2, 0) is 34.8 Å². The standard InChI is InChI=1S/C31H31ClN4O3S/c1-35-17-16-33-30(35)20-36(31(37)28-19-26(28)22-10-13-23(32)14-11-22)24-15-12-21-6-5-9-29(27(21)18-24)34-40(38,39)25-7-3-2-4-8-25/h2-4,7-8,10-18,26,28-29,34H,5-6,9,19-20H2,1H3/t26-,28-,29+/m0/s1. The number of carbonyl (C=O) groups excluding carboxylic acids is 1. The summed E-state index contributed by atoms with van der Waals surface area (Å²) in [6, 6.07) is 21.8. The van der Waals surface area contributed by atoms with Crippen LogP contribution in [0.1, 0.15) is 53.7 Å². The van der Waals surface area contributed by atoms with E-state index in [2.05, 4.69) is 9.71 Å². The molecule has 1 heterocycles. The van der Waals surface area contributed by atoms with Crippen molar-refractivity contribution >= 4 is 33.2 Å². The molecule has 1 N–H and O–H groups in total. The maximum Gasteiger partial charge on any atom is 0.241 e. The summed E-state index contributed by atoms with van der Waals surface area (Å²) in [6.45, 7) is 0.325. The minimum Gasteiger partial charge on any atom is -0.337 e. The fourth-order valence-corrected chi connectivity index (χ4v) is 7.06. The van der Waals surface area contributed by atoms with Gasteiger partial charge >= 0.3 is 0 Å². The second-order valence-corrected chi connectivity index (χ2v) is 12.8. The first kappa shape index (κ1) is 26.7. The maximum atomic E-state index is 14.0. The van der Waals surface area contributed by atoms with Gasteiger partial charge in [0, 0.05) is 42.1 Å². The minimum absolute atomic E-state index is 0.0418. The molecule has 2 aliphatic rings. The van der Waals surface area contributed by atoms with Crippen LogP contribution in [0.5, 0.6) is 0 Å². The number of sulfonamides is 1. The molecule has 0 spiro atoms. The van der Waals surface area contributed by atoms with E-state index in [4.69, 9.17) is 11.6 Å². The van der Waals surface area contributed by atoms with Gasteiger partial charge in [-0.05, 0) is 84.7 Å². The van der Waals surface area contributed by atoms with Crippen molar-refractivity contribution in [3.8, 4) is 0 Å². The van der Waals surface area contributed by atoms with Crippen LogP contribution in [0.3, 0.4) is 0 Å². The molecule has 0 radical (unpaired) electrons. The number of amides is 1. The van der Waals surface area contributed by atoms with Gasteiger partial charge in [0.15, 0.2) is 0 Å². The predicted molar refractivity (Wildman–Crippen MR) is 156 cm³/mol. The summed E-state index contributed by atoms with van der Waals surface area (Å²) < 4.78 is 31.2. The van der Waals surface area contributed by atoms with E-state index in [0.717, 1.165) is 47.5 Å². The fourth-order valence-electron chi connectivity index (χ4n) is 5.66. The largest absolute Gasteiger partial charge is 0.337 e. The minimum atomic E-state index is -3.70. The van der Waals surface area contributed by atoms with Crippen molar-refractivity contribution in [3.05, 3.63) is 113 Å². The number of fused-ring (bicyclic) bond motifs is 1. The molecule has 9 heteroatoms. The number of aromatic nitrogens is 2. The van der Waals surface area contributed by atoms with Gasteiger partial charge in [0.1, 0.15) is 5.82 Å². The lowest BCUT2D eigenvalue weighted by Gasteiger charge is -2.29. The molecule has 7 nitrogen and oxygen atoms in total. The van der Waals surface area contributed by atoms with Gasteiger partial charge in [0.2, 0.25) is 15.9 Å². The van der Waals surface area contributed by atoms with Gasteiger partial charge in [0.25, 0.3) is 0 Å². The van der Waals surface area contributed by atoms with E-state index >= 15 is 0 Å². The van der Waals surface area contributed by atoms with Crippen molar-refractivity contribution in [1.29, 1.82) is 0 Å². The molecule has 6 rings (SSSR count). The first-order chi connectivity index (χ1) is 19.3. The number of imidazole rings is 1. The normalized spacial score (nSPS) is 20.1. The number of aryl methyl sites for hydroxylation is 2. The number of carbonyl (C=O) groups is 1. The number of hydrogen-bond acceptors (Lipinski definition) is 4. The highest BCUT2D eigenvalue weighted by molar-refractivity contribution is 7.89.